The normalized spacial score (nSPS) is 16.8. The van der Waals surface area contributed by atoms with Gasteiger partial charge in [0.2, 0.25) is 5.91 Å². The van der Waals surface area contributed by atoms with Crippen molar-refractivity contribution in [2.45, 2.75) is 38.7 Å². The molecule has 1 aliphatic heterocycles. The molecule has 0 fully saturated rings. The maximum absolute atomic E-state index is 12.0. The fourth-order valence-electron chi connectivity index (χ4n) is 2.28. The Balaban J connectivity index is 1.81. The summed E-state index contributed by atoms with van der Waals surface area (Å²) in [5.41, 5.74) is 0. The Bertz CT molecular complexity index is 447. The maximum Gasteiger partial charge on any atom is 0.222 e. The first-order chi connectivity index (χ1) is 9.70. The van der Waals surface area contributed by atoms with Gasteiger partial charge in [-0.05, 0) is 18.6 Å². The summed E-state index contributed by atoms with van der Waals surface area (Å²) in [6, 6.07) is 7.63. The lowest BCUT2D eigenvalue weighted by Crippen LogP contribution is -2.41. The van der Waals surface area contributed by atoms with Gasteiger partial charge in [-0.2, -0.15) is 0 Å². The van der Waals surface area contributed by atoms with Crippen molar-refractivity contribution in [1.82, 2.24) is 4.90 Å². The third-order valence-corrected chi connectivity index (χ3v) is 3.46. The number of para-hydroxylation sites is 2. The molecule has 1 aromatic rings. The lowest BCUT2D eigenvalue weighted by Gasteiger charge is -2.29. The number of carbonyl (C=O) groups is 1. The fraction of sp³-hybridized carbons (Fsp3) is 0.562. The van der Waals surface area contributed by atoms with Crippen molar-refractivity contribution >= 4 is 5.91 Å². The molecule has 1 unspecified atom stereocenters. The molecule has 0 bridgehead atoms. The first-order valence-corrected chi connectivity index (χ1v) is 7.33. The molecule has 0 aromatic heterocycles. The largest absolute Gasteiger partial charge is 0.486 e. The van der Waals surface area contributed by atoms with Gasteiger partial charge in [-0.25, -0.2) is 0 Å². The number of benzene rings is 1. The van der Waals surface area contributed by atoms with E-state index in [1.807, 2.05) is 31.3 Å². The van der Waals surface area contributed by atoms with Crippen LogP contribution in [0.15, 0.2) is 24.3 Å². The lowest BCUT2D eigenvalue weighted by atomic mass is 10.2. The van der Waals surface area contributed by atoms with Gasteiger partial charge in [0.25, 0.3) is 0 Å². The summed E-state index contributed by atoms with van der Waals surface area (Å²) >= 11 is 0. The monoisotopic (exact) mass is 277 g/mol. The second kappa shape index (κ2) is 7.17. The highest BCUT2D eigenvalue weighted by Crippen LogP contribution is 2.30. The molecule has 20 heavy (non-hydrogen) atoms. The Hall–Kier alpha value is -1.71. The molecule has 0 saturated heterocycles. The quantitative estimate of drug-likeness (QED) is 0.751. The Labute approximate surface area is 120 Å². The topological polar surface area (TPSA) is 38.8 Å². The molecule has 0 saturated carbocycles. The van der Waals surface area contributed by atoms with E-state index < -0.39 is 0 Å². The molecular weight excluding hydrogens is 254 g/mol. The third-order valence-electron chi connectivity index (χ3n) is 3.46. The first kappa shape index (κ1) is 14.7. The molecule has 4 heteroatoms. The second-order valence-electron chi connectivity index (χ2n) is 5.23. The highest BCUT2D eigenvalue weighted by atomic mass is 16.6. The Kier molecular flexibility index (Phi) is 5.27. The van der Waals surface area contributed by atoms with Crippen LogP contribution >= 0.6 is 0 Å². The molecule has 4 nitrogen and oxygen atoms in total. The molecule has 0 spiro atoms. The van der Waals surface area contributed by atoms with Gasteiger partial charge in [-0.3, -0.25) is 4.79 Å². The van der Waals surface area contributed by atoms with Crippen LogP contribution in [0.4, 0.5) is 0 Å². The molecule has 1 heterocycles. The van der Waals surface area contributed by atoms with E-state index in [2.05, 4.69) is 6.92 Å². The average Bonchev–Trinajstić information content (AvgIpc) is 2.47. The number of amides is 1. The van der Waals surface area contributed by atoms with Crippen molar-refractivity contribution in [3.63, 3.8) is 0 Å². The number of carbonyl (C=O) groups excluding carboxylic acids is 1. The third kappa shape index (κ3) is 3.89. The Morgan fingerprint density at radius 2 is 2.05 bits per heavy atom. The van der Waals surface area contributed by atoms with E-state index in [-0.39, 0.29) is 12.0 Å². The van der Waals surface area contributed by atoms with Gasteiger partial charge in [-0.15, -0.1) is 0 Å². The van der Waals surface area contributed by atoms with E-state index in [1.54, 1.807) is 4.90 Å². The van der Waals surface area contributed by atoms with E-state index in [4.69, 9.17) is 9.47 Å². The van der Waals surface area contributed by atoms with E-state index in [0.29, 0.717) is 19.6 Å². The minimum atomic E-state index is -0.0926. The molecule has 1 aromatic carbocycles. The van der Waals surface area contributed by atoms with Crippen LogP contribution in [0, 0.1) is 0 Å². The van der Waals surface area contributed by atoms with Gasteiger partial charge in [0.15, 0.2) is 17.6 Å². The number of hydrogen-bond acceptors (Lipinski definition) is 3. The highest BCUT2D eigenvalue weighted by Gasteiger charge is 2.23. The second-order valence-corrected chi connectivity index (χ2v) is 5.23. The number of nitrogens with zero attached hydrogens (tertiary/aromatic N) is 1. The predicted molar refractivity (Wildman–Crippen MR) is 78.1 cm³/mol. The van der Waals surface area contributed by atoms with Crippen molar-refractivity contribution in [3.05, 3.63) is 24.3 Å². The SMILES string of the molecule is CCCCCC(=O)N(C)CC1COc2ccccc2O1. The number of rotatable bonds is 6. The van der Waals surface area contributed by atoms with Crippen molar-refractivity contribution in [3.8, 4) is 11.5 Å². The van der Waals surface area contributed by atoms with Crippen molar-refractivity contribution < 1.29 is 14.3 Å². The summed E-state index contributed by atoms with van der Waals surface area (Å²) in [4.78, 5) is 13.7. The van der Waals surface area contributed by atoms with Crippen molar-refractivity contribution in [1.29, 1.82) is 0 Å². The number of hydrogen-bond donors (Lipinski definition) is 0. The van der Waals surface area contributed by atoms with Crippen LogP contribution < -0.4 is 9.47 Å². The van der Waals surface area contributed by atoms with Crippen molar-refractivity contribution in [2.75, 3.05) is 20.2 Å². The van der Waals surface area contributed by atoms with Crippen molar-refractivity contribution in [2.24, 2.45) is 0 Å². The molecule has 1 aliphatic rings. The lowest BCUT2D eigenvalue weighted by molar-refractivity contribution is -0.131. The molecule has 0 radical (unpaired) electrons. The van der Waals surface area contributed by atoms with E-state index in [9.17, 15) is 4.79 Å². The highest BCUT2D eigenvalue weighted by molar-refractivity contribution is 5.75. The van der Waals surface area contributed by atoms with Crippen LogP contribution in [0.5, 0.6) is 11.5 Å². The van der Waals surface area contributed by atoms with E-state index >= 15 is 0 Å². The summed E-state index contributed by atoms with van der Waals surface area (Å²) in [7, 11) is 1.83. The Morgan fingerprint density at radius 1 is 1.30 bits per heavy atom. The van der Waals surface area contributed by atoms with Gasteiger partial charge >= 0.3 is 0 Å². The summed E-state index contributed by atoms with van der Waals surface area (Å²) in [6.45, 7) is 3.20. The number of unbranched alkanes of at least 4 members (excludes halogenated alkanes) is 2. The standard InChI is InChI=1S/C16H23NO3/c1-3-4-5-10-16(18)17(2)11-13-12-19-14-8-6-7-9-15(14)20-13/h6-9,13H,3-5,10-12H2,1-2H3. The van der Waals surface area contributed by atoms with Gasteiger partial charge < -0.3 is 14.4 Å². The number of fused-ring (bicyclic) bond motifs is 1. The molecule has 0 N–H and O–H groups in total. The predicted octanol–water partition coefficient (Wildman–Crippen LogP) is 2.87. The average molecular weight is 277 g/mol. The number of likely N-dealkylation sites (N-methyl/N-ethyl adjacent to an activating group) is 1. The maximum atomic E-state index is 12.0. The molecule has 110 valence electrons. The number of ether oxygens (including phenoxy) is 2. The summed E-state index contributed by atoms with van der Waals surface area (Å²) in [6.07, 6.45) is 3.73. The molecule has 1 amide bonds. The van der Waals surface area contributed by atoms with E-state index in [0.717, 1.165) is 30.8 Å². The minimum Gasteiger partial charge on any atom is -0.486 e. The van der Waals surface area contributed by atoms with Crippen LogP contribution in [0.2, 0.25) is 0 Å². The summed E-state index contributed by atoms with van der Waals surface area (Å²) < 4.78 is 11.5. The summed E-state index contributed by atoms with van der Waals surface area (Å²) in [5, 5.41) is 0. The molecule has 2 rings (SSSR count). The zero-order valence-electron chi connectivity index (χ0n) is 12.3. The minimum absolute atomic E-state index is 0.0926. The van der Waals surface area contributed by atoms with Crippen LogP contribution in [0.3, 0.4) is 0 Å². The smallest absolute Gasteiger partial charge is 0.222 e. The van der Waals surface area contributed by atoms with Gasteiger partial charge in [0, 0.05) is 13.5 Å². The van der Waals surface area contributed by atoms with E-state index in [1.165, 1.54) is 0 Å². The van der Waals surface area contributed by atoms with Gasteiger partial charge in [-0.1, -0.05) is 31.9 Å². The van der Waals surface area contributed by atoms with Gasteiger partial charge in [0.05, 0.1) is 6.54 Å². The van der Waals surface area contributed by atoms with Crippen LogP contribution in [-0.4, -0.2) is 37.1 Å². The zero-order valence-corrected chi connectivity index (χ0v) is 12.3. The van der Waals surface area contributed by atoms with Gasteiger partial charge in [0.1, 0.15) is 6.61 Å². The zero-order chi connectivity index (χ0) is 14.4. The fourth-order valence-corrected chi connectivity index (χ4v) is 2.28. The Morgan fingerprint density at radius 3 is 2.80 bits per heavy atom. The first-order valence-electron chi connectivity index (χ1n) is 7.33. The van der Waals surface area contributed by atoms with Crippen LogP contribution in [-0.2, 0) is 4.79 Å². The summed E-state index contributed by atoms with van der Waals surface area (Å²) in [5.74, 6) is 1.72. The molecular formula is C16H23NO3. The van der Waals surface area contributed by atoms with Crippen LogP contribution in [0.1, 0.15) is 32.6 Å². The van der Waals surface area contributed by atoms with Crippen LogP contribution in [0.25, 0.3) is 0 Å². The molecule has 1 atom stereocenters. The molecule has 0 aliphatic carbocycles.